The van der Waals surface area contributed by atoms with Gasteiger partial charge in [0.05, 0.1) is 10.5 Å². The minimum absolute atomic E-state index is 0.101. The van der Waals surface area contributed by atoms with Crippen LogP contribution < -0.4 is 5.32 Å². The molecule has 0 radical (unpaired) electrons. The van der Waals surface area contributed by atoms with E-state index in [2.05, 4.69) is 27.9 Å². The van der Waals surface area contributed by atoms with Crippen molar-refractivity contribution in [3.8, 4) is 0 Å². The number of ether oxygens (including phenoxy) is 1. The van der Waals surface area contributed by atoms with E-state index in [1.807, 2.05) is 12.1 Å². The van der Waals surface area contributed by atoms with Gasteiger partial charge >= 0.3 is 5.97 Å². The molecule has 0 aliphatic carbocycles. The van der Waals surface area contributed by atoms with E-state index in [4.69, 9.17) is 4.74 Å². The lowest BCUT2D eigenvalue weighted by Crippen LogP contribution is -2.30. The van der Waals surface area contributed by atoms with Crippen molar-refractivity contribution in [1.82, 2.24) is 4.31 Å². The van der Waals surface area contributed by atoms with E-state index in [0.29, 0.717) is 18.8 Å². The molecule has 0 fully saturated rings. The maximum atomic E-state index is 12.4. The van der Waals surface area contributed by atoms with Crippen LogP contribution >= 0.6 is 22.6 Å². The lowest BCUT2D eigenvalue weighted by atomic mass is 10.2. The van der Waals surface area contributed by atoms with Gasteiger partial charge in [0.25, 0.3) is 5.91 Å². The fourth-order valence-electron chi connectivity index (χ4n) is 2.42. The summed E-state index contributed by atoms with van der Waals surface area (Å²) in [5.74, 6) is -1.17. The number of hydrogen-bond acceptors (Lipinski definition) is 5. The molecular weight excluding hydrogens is 495 g/mol. The first-order valence-corrected chi connectivity index (χ1v) is 11.1. The number of hydrogen-bond donors (Lipinski definition) is 1. The van der Waals surface area contributed by atoms with Gasteiger partial charge in [-0.05, 0) is 71.1 Å². The van der Waals surface area contributed by atoms with Gasteiger partial charge in [0, 0.05) is 22.3 Å². The van der Waals surface area contributed by atoms with Gasteiger partial charge < -0.3 is 10.1 Å². The molecule has 1 N–H and O–H groups in total. The number of anilines is 1. The number of carbonyl (C=O) groups is 2. The number of amides is 1. The van der Waals surface area contributed by atoms with Crippen LogP contribution in [0.1, 0.15) is 24.2 Å². The molecule has 0 aromatic heterocycles. The van der Waals surface area contributed by atoms with Crippen molar-refractivity contribution >= 4 is 50.2 Å². The number of esters is 1. The monoisotopic (exact) mass is 516 g/mol. The van der Waals surface area contributed by atoms with Crippen LogP contribution in [0.25, 0.3) is 0 Å². The molecule has 2 aromatic carbocycles. The molecule has 0 heterocycles. The highest BCUT2D eigenvalue weighted by Crippen LogP contribution is 2.17. The number of nitrogens with zero attached hydrogens (tertiary/aromatic N) is 1. The molecule has 0 bridgehead atoms. The van der Waals surface area contributed by atoms with E-state index in [9.17, 15) is 18.0 Å². The van der Waals surface area contributed by atoms with Crippen LogP contribution in [0.2, 0.25) is 0 Å². The number of nitrogens with one attached hydrogen (secondary N) is 1. The van der Waals surface area contributed by atoms with E-state index < -0.39 is 28.5 Å². The number of sulfonamides is 1. The first-order valence-electron chi connectivity index (χ1n) is 8.60. The number of halogens is 1. The minimum Gasteiger partial charge on any atom is -0.452 e. The van der Waals surface area contributed by atoms with E-state index in [1.165, 1.54) is 28.6 Å². The maximum absolute atomic E-state index is 12.4. The second kappa shape index (κ2) is 9.99. The largest absolute Gasteiger partial charge is 0.452 e. The average molecular weight is 516 g/mol. The Kier molecular flexibility index (Phi) is 7.96. The van der Waals surface area contributed by atoms with Gasteiger partial charge in [0.15, 0.2) is 6.61 Å². The number of benzene rings is 2. The summed E-state index contributed by atoms with van der Waals surface area (Å²) in [4.78, 5) is 24.1. The Balaban J connectivity index is 1.95. The highest BCUT2D eigenvalue weighted by molar-refractivity contribution is 14.1. The molecule has 0 atom stereocenters. The third-order valence-corrected chi connectivity index (χ3v) is 6.68. The molecule has 28 heavy (non-hydrogen) atoms. The zero-order valence-electron chi connectivity index (χ0n) is 15.5. The molecule has 7 nitrogen and oxygen atoms in total. The van der Waals surface area contributed by atoms with Crippen LogP contribution in [0.4, 0.5) is 5.69 Å². The smallest absolute Gasteiger partial charge is 0.338 e. The second-order valence-electron chi connectivity index (χ2n) is 5.74. The van der Waals surface area contributed by atoms with Crippen LogP contribution in [-0.4, -0.2) is 44.3 Å². The third kappa shape index (κ3) is 5.76. The van der Waals surface area contributed by atoms with Crippen molar-refractivity contribution in [3.63, 3.8) is 0 Å². The summed E-state index contributed by atoms with van der Waals surface area (Å²) in [5, 5.41) is 2.63. The predicted molar refractivity (Wildman–Crippen MR) is 115 cm³/mol. The molecule has 2 aromatic rings. The van der Waals surface area contributed by atoms with Crippen molar-refractivity contribution < 1.29 is 22.7 Å². The number of carbonyl (C=O) groups excluding carboxylic acids is 2. The average Bonchev–Trinajstić information content (AvgIpc) is 2.68. The zero-order chi connectivity index (χ0) is 20.7. The minimum atomic E-state index is -3.59. The van der Waals surface area contributed by atoms with Crippen molar-refractivity contribution in [2.75, 3.05) is 25.0 Å². The van der Waals surface area contributed by atoms with Crippen LogP contribution in [0.3, 0.4) is 0 Å². The van der Waals surface area contributed by atoms with Crippen molar-refractivity contribution in [3.05, 3.63) is 57.7 Å². The Bertz CT molecular complexity index is 924. The predicted octanol–water partition coefficient (Wildman–Crippen LogP) is 3.12. The summed E-state index contributed by atoms with van der Waals surface area (Å²) in [6.45, 7) is 3.79. The number of rotatable bonds is 8. The lowest BCUT2D eigenvalue weighted by molar-refractivity contribution is -0.119. The fourth-order valence-corrected chi connectivity index (χ4v) is 4.24. The van der Waals surface area contributed by atoms with Gasteiger partial charge in [0.1, 0.15) is 0 Å². The van der Waals surface area contributed by atoms with Gasteiger partial charge in [0.2, 0.25) is 10.0 Å². The summed E-state index contributed by atoms with van der Waals surface area (Å²) in [6, 6.07) is 12.6. The summed E-state index contributed by atoms with van der Waals surface area (Å²) < 4.78 is 32.2. The van der Waals surface area contributed by atoms with E-state index in [1.54, 1.807) is 26.0 Å². The Labute approximate surface area is 178 Å². The maximum Gasteiger partial charge on any atom is 0.338 e. The molecule has 0 saturated heterocycles. The third-order valence-electron chi connectivity index (χ3n) is 3.90. The second-order valence-corrected chi connectivity index (χ2v) is 8.93. The van der Waals surface area contributed by atoms with E-state index in [0.717, 1.165) is 3.57 Å². The Morgan fingerprint density at radius 2 is 1.57 bits per heavy atom. The van der Waals surface area contributed by atoms with Crippen molar-refractivity contribution in [1.29, 1.82) is 0 Å². The van der Waals surface area contributed by atoms with Gasteiger partial charge in [-0.25, -0.2) is 13.2 Å². The molecule has 150 valence electrons. The summed E-state index contributed by atoms with van der Waals surface area (Å²) in [7, 11) is -3.59. The lowest BCUT2D eigenvalue weighted by Gasteiger charge is -2.18. The first-order chi connectivity index (χ1) is 13.3. The van der Waals surface area contributed by atoms with Gasteiger partial charge in [-0.15, -0.1) is 0 Å². The van der Waals surface area contributed by atoms with Gasteiger partial charge in [-0.1, -0.05) is 13.8 Å². The highest BCUT2D eigenvalue weighted by atomic mass is 127. The molecule has 0 saturated carbocycles. The highest BCUT2D eigenvalue weighted by Gasteiger charge is 2.22. The normalized spacial score (nSPS) is 11.3. The molecular formula is C19H21IN2O5S. The van der Waals surface area contributed by atoms with Gasteiger partial charge in [-0.3, -0.25) is 4.79 Å². The molecule has 0 aliphatic heterocycles. The van der Waals surface area contributed by atoms with Crippen molar-refractivity contribution in [2.24, 2.45) is 0 Å². The first kappa shape index (κ1) is 22.3. The quantitative estimate of drug-likeness (QED) is 0.430. The fraction of sp³-hybridized carbons (Fsp3) is 0.263. The summed E-state index contributed by atoms with van der Waals surface area (Å²) in [6.07, 6.45) is 0. The van der Waals surface area contributed by atoms with Crippen molar-refractivity contribution in [2.45, 2.75) is 18.7 Å². The molecule has 1 amide bonds. The Morgan fingerprint density at radius 3 is 2.11 bits per heavy atom. The molecule has 9 heteroatoms. The zero-order valence-corrected chi connectivity index (χ0v) is 18.5. The Morgan fingerprint density at radius 1 is 1.00 bits per heavy atom. The SMILES string of the molecule is CCN(CC)S(=O)(=O)c1ccc(C(=O)OCC(=O)Nc2ccc(I)cc2)cc1. The van der Waals surface area contributed by atoms with Gasteiger partial charge in [-0.2, -0.15) is 4.31 Å². The van der Waals surface area contributed by atoms with E-state index in [-0.39, 0.29) is 10.5 Å². The molecule has 0 aliphatic rings. The topological polar surface area (TPSA) is 92.8 Å². The molecule has 2 rings (SSSR count). The summed E-state index contributed by atoms with van der Waals surface area (Å²) in [5.41, 5.74) is 0.771. The van der Waals surface area contributed by atoms with Crippen LogP contribution in [0.15, 0.2) is 53.4 Å². The van der Waals surface area contributed by atoms with Crippen LogP contribution in [0, 0.1) is 3.57 Å². The molecule has 0 spiro atoms. The Hall–Kier alpha value is -1.98. The van der Waals surface area contributed by atoms with E-state index >= 15 is 0 Å². The molecule has 0 unspecified atom stereocenters. The van der Waals surface area contributed by atoms with Crippen LogP contribution in [0.5, 0.6) is 0 Å². The summed E-state index contributed by atoms with van der Waals surface area (Å²) >= 11 is 2.15. The standard InChI is InChI=1S/C19H21IN2O5S/c1-3-22(4-2)28(25,26)17-11-5-14(6-12-17)19(24)27-13-18(23)21-16-9-7-15(20)8-10-16/h5-12H,3-4,13H2,1-2H3,(H,21,23). The van der Waals surface area contributed by atoms with Crippen LogP contribution in [-0.2, 0) is 19.6 Å².